The number of hydrogen-bond donors (Lipinski definition) is 2. The topological polar surface area (TPSA) is 71.7 Å². The summed E-state index contributed by atoms with van der Waals surface area (Å²) in [4.78, 5) is 4.36. The minimum atomic E-state index is -0.284. The van der Waals surface area contributed by atoms with Crippen molar-refractivity contribution in [1.29, 1.82) is 0 Å². The quantitative estimate of drug-likeness (QED) is 0.742. The van der Waals surface area contributed by atoms with E-state index in [9.17, 15) is 5.11 Å². The van der Waals surface area contributed by atoms with Crippen molar-refractivity contribution in [3.63, 3.8) is 0 Å². The van der Waals surface area contributed by atoms with Gasteiger partial charge in [0.25, 0.3) is 0 Å². The Bertz CT molecular complexity index is 882. The highest BCUT2D eigenvalue weighted by atomic mass is 35.5. The molecule has 0 spiro atoms. The summed E-state index contributed by atoms with van der Waals surface area (Å²) < 4.78 is 7.88. The first-order chi connectivity index (χ1) is 12.2. The van der Waals surface area contributed by atoms with Crippen molar-refractivity contribution < 1.29 is 9.84 Å². The first-order valence-corrected chi connectivity index (χ1v) is 8.76. The number of aromatic nitrogens is 3. The molecule has 130 valence electrons. The molecule has 4 rings (SSSR count). The molecule has 1 unspecified atom stereocenters. The Labute approximate surface area is 150 Å². The summed E-state index contributed by atoms with van der Waals surface area (Å²) in [6.07, 6.45) is 6.48. The Morgan fingerprint density at radius 1 is 1.28 bits per heavy atom. The van der Waals surface area contributed by atoms with Crippen molar-refractivity contribution >= 4 is 28.6 Å². The van der Waals surface area contributed by atoms with Gasteiger partial charge >= 0.3 is 0 Å². The van der Waals surface area contributed by atoms with Gasteiger partial charge in [-0.15, -0.1) is 0 Å². The van der Waals surface area contributed by atoms with Crippen LogP contribution >= 0.6 is 11.6 Å². The van der Waals surface area contributed by atoms with Crippen LogP contribution in [0.5, 0.6) is 5.75 Å². The maximum atomic E-state index is 9.86. The van der Waals surface area contributed by atoms with Crippen LogP contribution in [0.15, 0.2) is 42.9 Å². The molecule has 0 amide bonds. The van der Waals surface area contributed by atoms with Gasteiger partial charge in [0.1, 0.15) is 17.9 Å². The lowest BCUT2D eigenvalue weighted by Crippen LogP contribution is -2.28. The molecule has 2 N–H and O–H groups in total. The molecule has 3 aromatic rings. The summed E-state index contributed by atoms with van der Waals surface area (Å²) >= 11 is 6.06. The third kappa shape index (κ3) is 3.55. The van der Waals surface area contributed by atoms with Crippen molar-refractivity contribution in [2.75, 3.05) is 5.32 Å². The molecule has 6 nitrogen and oxygen atoms in total. The Hall–Kier alpha value is -2.31. The summed E-state index contributed by atoms with van der Waals surface area (Å²) in [7, 11) is 0. The van der Waals surface area contributed by atoms with E-state index in [1.54, 1.807) is 4.52 Å². The fourth-order valence-corrected chi connectivity index (χ4v) is 3.41. The van der Waals surface area contributed by atoms with Crippen LogP contribution in [0.25, 0.3) is 5.52 Å². The van der Waals surface area contributed by atoms with Crippen molar-refractivity contribution in [2.24, 2.45) is 0 Å². The number of ether oxygens (including phenoxy) is 1. The molecule has 2 aromatic heterocycles. The van der Waals surface area contributed by atoms with E-state index in [0.717, 1.165) is 30.5 Å². The maximum absolute atomic E-state index is 9.86. The Morgan fingerprint density at radius 3 is 3.04 bits per heavy atom. The van der Waals surface area contributed by atoms with Gasteiger partial charge in [-0.05, 0) is 37.5 Å². The Kier molecular flexibility index (Phi) is 4.46. The Morgan fingerprint density at radius 2 is 2.20 bits per heavy atom. The third-order valence-corrected chi connectivity index (χ3v) is 4.63. The second-order valence-corrected chi connectivity index (χ2v) is 6.71. The predicted octanol–water partition coefficient (Wildman–Crippen LogP) is 3.81. The number of fused-ring (bicyclic) bond motifs is 1. The van der Waals surface area contributed by atoms with Crippen LogP contribution in [0.4, 0.5) is 11.5 Å². The van der Waals surface area contributed by atoms with Gasteiger partial charge in [0, 0.05) is 29.4 Å². The second kappa shape index (κ2) is 6.90. The molecular formula is C18H19ClN4O2. The normalized spacial score (nSPS) is 20.6. The van der Waals surface area contributed by atoms with Crippen LogP contribution in [0.1, 0.15) is 25.7 Å². The summed E-state index contributed by atoms with van der Waals surface area (Å²) in [5, 5.41) is 18.0. The smallest absolute Gasteiger partial charge is 0.162 e. The van der Waals surface area contributed by atoms with Crippen LogP contribution < -0.4 is 10.1 Å². The fourth-order valence-electron chi connectivity index (χ4n) is 3.22. The third-order valence-electron chi connectivity index (χ3n) is 4.40. The zero-order valence-corrected chi connectivity index (χ0v) is 14.4. The molecular weight excluding hydrogens is 340 g/mol. The molecule has 0 saturated heterocycles. The van der Waals surface area contributed by atoms with Gasteiger partial charge in [0.05, 0.1) is 6.10 Å². The number of benzene rings is 1. The first-order valence-electron chi connectivity index (χ1n) is 8.39. The van der Waals surface area contributed by atoms with Crippen LogP contribution in [-0.4, -0.2) is 31.9 Å². The van der Waals surface area contributed by atoms with E-state index >= 15 is 0 Å². The van der Waals surface area contributed by atoms with Gasteiger partial charge in [0.2, 0.25) is 0 Å². The van der Waals surface area contributed by atoms with Gasteiger partial charge in [-0.25, -0.2) is 9.50 Å². The van der Waals surface area contributed by atoms with E-state index in [4.69, 9.17) is 16.3 Å². The number of nitrogens with one attached hydrogen (secondary N) is 1. The lowest BCUT2D eigenvalue weighted by molar-refractivity contribution is 0.0544. The van der Waals surface area contributed by atoms with E-state index in [1.807, 2.05) is 36.5 Å². The molecule has 2 heterocycles. The summed E-state index contributed by atoms with van der Waals surface area (Å²) in [5.74, 6) is 1.36. The Balaban J connectivity index is 1.64. The van der Waals surface area contributed by atoms with Gasteiger partial charge in [0.15, 0.2) is 11.6 Å². The summed E-state index contributed by atoms with van der Waals surface area (Å²) in [6, 6.07) is 9.34. The molecule has 1 aromatic carbocycles. The van der Waals surface area contributed by atoms with Crippen LogP contribution in [-0.2, 0) is 0 Å². The standard InChI is InChI=1S/C18H19ClN4O2/c19-12-3-1-4-13(9-12)22-18-17-16(7-8-23(17)21-11-20-18)25-15-6-2-5-14(24)10-15/h1,3-4,7-9,11,14-15,24H,2,5-6,10H2,(H,20,21,22)/t14-,15?/m0/s1. The monoisotopic (exact) mass is 358 g/mol. The first kappa shape index (κ1) is 16.2. The van der Waals surface area contributed by atoms with Crippen molar-refractivity contribution in [3.8, 4) is 5.75 Å². The van der Waals surface area contributed by atoms with Crippen molar-refractivity contribution in [2.45, 2.75) is 37.9 Å². The number of aliphatic hydroxyl groups excluding tert-OH is 1. The second-order valence-electron chi connectivity index (χ2n) is 6.28. The maximum Gasteiger partial charge on any atom is 0.162 e. The minimum absolute atomic E-state index is 0.00850. The largest absolute Gasteiger partial charge is 0.488 e. The lowest BCUT2D eigenvalue weighted by atomic mass is 9.95. The number of rotatable bonds is 4. The van der Waals surface area contributed by atoms with Gasteiger partial charge < -0.3 is 15.2 Å². The average Bonchev–Trinajstić information content (AvgIpc) is 2.99. The molecule has 0 radical (unpaired) electrons. The zero-order valence-electron chi connectivity index (χ0n) is 13.6. The molecule has 7 heteroatoms. The highest BCUT2D eigenvalue weighted by Gasteiger charge is 2.23. The molecule has 1 aliphatic rings. The van der Waals surface area contributed by atoms with Crippen LogP contribution in [0.3, 0.4) is 0 Å². The van der Waals surface area contributed by atoms with E-state index in [0.29, 0.717) is 23.0 Å². The van der Waals surface area contributed by atoms with E-state index in [2.05, 4.69) is 15.4 Å². The SMILES string of the molecule is O[C@H]1CCCC(Oc2ccn3ncnc(Nc4cccc(Cl)c4)c23)C1. The average molecular weight is 359 g/mol. The lowest BCUT2D eigenvalue weighted by Gasteiger charge is -2.26. The molecule has 0 bridgehead atoms. The van der Waals surface area contributed by atoms with Crippen LogP contribution in [0, 0.1) is 0 Å². The molecule has 2 atom stereocenters. The molecule has 1 aliphatic carbocycles. The van der Waals surface area contributed by atoms with Crippen molar-refractivity contribution in [1.82, 2.24) is 14.6 Å². The van der Waals surface area contributed by atoms with E-state index < -0.39 is 0 Å². The number of nitrogens with zero attached hydrogens (tertiary/aromatic N) is 3. The van der Waals surface area contributed by atoms with Gasteiger partial charge in [-0.1, -0.05) is 17.7 Å². The number of halogens is 1. The highest BCUT2D eigenvalue weighted by Crippen LogP contribution is 2.32. The molecule has 1 fully saturated rings. The van der Waals surface area contributed by atoms with Crippen molar-refractivity contribution in [3.05, 3.63) is 47.9 Å². The number of hydrogen-bond acceptors (Lipinski definition) is 5. The van der Waals surface area contributed by atoms with E-state index in [1.165, 1.54) is 6.33 Å². The zero-order chi connectivity index (χ0) is 17.2. The number of aliphatic hydroxyl groups is 1. The predicted molar refractivity (Wildman–Crippen MR) is 96.6 cm³/mol. The van der Waals surface area contributed by atoms with Gasteiger partial charge in [-0.2, -0.15) is 5.10 Å². The van der Waals surface area contributed by atoms with Crippen LogP contribution in [0.2, 0.25) is 5.02 Å². The number of anilines is 2. The molecule has 0 aliphatic heterocycles. The summed E-state index contributed by atoms with van der Waals surface area (Å²) in [5.41, 5.74) is 1.61. The fraction of sp³-hybridized carbons (Fsp3) is 0.333. The highest BCUT2D eigenvalue weighted by molar-refractivity contribution is 6.30. The van der Waals surface area contributed by atoms with Gasteiger partial charge in [-0.3, -0.25) is 0 Å². The summed E-state index contributed by atoms with van der Waals surface area (Å²) in [6.45, 7) is 0. The van der Waals surface area contributed by atoms with E-state index in [-0.39, 0.29) is 12.2 Å². The molecule has 25 heavy (non-hydrogen) atoms. The molecule has 1 saturated carbocycles. The minimum Gasteiger partial charge on any atom is -0.488 e.